The van der Waals surface area contributed by atoms with Crippen molar-refractivity contribution in [2.75, 3.05) is 16.8 Å². The number of halogens is 1. The normalized spacial score (nSPS) is 21.7. The number of amides is 2. The summed E-state index contributed by atoms with van der Waals surface area (Å²) in [4.78, 5) is 39.6. The first-order chi connectivity index (χ1) is 12.6. The van der Waals surface area contributed by atoms with Gasteiger partial charge in [0.1, 0.15) is 23.7 Å². The average molecular weight is 504 g/mol. The summed E-state index contributed by atoms with van der Waals surface area (Å²) in [6, 6.07) is 3.17. The van der Waals surface area contributed by atoms with Crippen molar-refractivity contribution >= 4 is 63.5 Å². The third kappa shape index (κ3) is 3.84. The second-order valence-corrected chi connectivity index (χ2v) is 8.58. The summed E-state index contributed by atoms with van der Waals surface area (Å²) in [7, 11) is 0. The van der Waals surface area contributed by atoms with E-state index in [4.69, 9.17) is 4.74 Å². The van der Waals surface area contributed by atoms with E-state index in [0.717, 1.165) is 10.5 Å². The zero-order valence-electron chi connectivity index (χ0n) is 13.8. The average Bonchev–Trinajstić information content (AvgIpc) is 3.15. The third-order valence-corrected chi connectivity index (χ3v) is 7.10. The molecule has 1 fully saturated rings. The summed E-state index contributed by atoms with van der Waals surface area (Å²) in [6.07, 6.45) is 1.74. The number of thioether (sulfide) groups is 1. The minimum Gasteiger partial charge on any atom is -0.457 e. The molecule has 2 aliphatic heterocycles. The Labute approximate surface area is 173 Å². The van der Waals surface area contributed by atoms with E-state index < -0.39 is 12.0 Å². The maximum Gasteiger partial charge on any atom is 0.355 e. The molecule has 1 N–H and O–H groups in total. The predicted octanol–water partition coefficient (Wildman–Crippen LogP) is 2.11. The lowest BCUT2D eigenvalue weighted by molar-refractivity contribution is -0.152. The Morgan fingerprint density at radius 1 is 1.50 bits per heavy atom. The molecule has 9 heteroatoms. The molecule has 0 aliphatic carbocycles. The molecule has 1 saturated heterocycles. The van der Waals surface area contributed by atoms with E-state index in [2.05, 4.69) is 34.5 Å². The van der Waals surface area contributed by atoms with Crippen molar-refractivity contribution in [1.82, 2.24) is 10.2 Å². The first kappa shape index (κ1) is 19.4. The molecule has 6 nitrogen and oxygen atoms in total. The zero-order valence-corrected chi connectivity index (χ0v) is 17.6. The standard InChI is InChI=1S/C17H17IN2O4S2/c1-2-5-24-17(23)14-10(8-18)9-26-16-13(15(22)20(14)16)19-12(21)7-11-4-3-6-25-11/h2-4,6,13,16H,1,5,7-9H2,(H,19,21)/t13-,16-/m1/s1. The molecular formula is C17H17IN2O4S2. The van der Waals surface area contributed by atoms with Gasteiger partial charge in [-0.2, -0.15) is 0 Å². The number of rotatable bonds is 7. The van der Waals surface area contributed by atoms with Crippen LogP contribution in [-0.2, 0) is 25.5 Å². The van der Waals surface area contributed by atoms with E-state index in [9.17, 15) is 14.4 Å². The van der Waals surface area contributed by atoms with Gasteiger partial charge in [-0.15, -0.1) is 23.1 Å². The number of hydrogen-bond acceptors (Lipinski definition) is 6. The number of carbonyl (C=O) groups excluding carboxylic acids is 3. The molecule has 0 aromatic carbocycles. The Kier molecular flexibility index (Phi) is 6.41. The van der Waals surface area contributed by atoms with Crippen molar-refractivity contribution in [2.24, 2.45) is 0 Å². The maximum atomic E-state index is 12.6. The second-order valence-electron chi connectivity index (χ2n) is 5.68. The van der Waals surface area contributed by atoms with E-state index >= 15 is 0 Å². The SMILES string of the molecule is C=CCOC(=O)C1=C(CI)CS[C@@H]2[C@H](NC(=O)Cc3cccs3)C(=O)N12. The van der Waals surface area contributed by atoms with Gasteiger partial charge in [0.25, 0.3) is 5.91 Å². The van der Waals surface area contributed by atoms with Gasteiger partial charge in [0.15, 0.2) is 0 Å². The van der Waals surface area contributed by atoms with Gasteiger partial charge in [-0.25, -0.2) is 4.79 Å². The van der Waals surface area contributed by atoms with E-state index in [-0.39, 0.29) is 30.2 Å². The van der Waals surface area contributed by atoms with Crippen LogP contribution in [-0.4, -0.2) is 50.9 Å². The minimum atomic E-state index is -0.606. The fraction of sp³-hybridized carbons (Fsp3) is 0.353. The van der Waals surface area contributed by atoms with Gasteiger partial charge >= 0.3 is 5.97 Å². The van der Waals surface area contributed by atoms with Crippen LogP contribution in [0, 0.1) is 0 Å². The lowest BCUT2D eigenvalue weighted by atomic mass is 10.0. The van der Waals surface area contributed by atoms with E-state index in [1.165, 1.54) is 22.3 Å². The van der Waals surface area contributed by atoms with Crippen LogP contribution in [0.25, 0.3) is 0 Å². The number of ether oxygens (including phenoxy) is 1. The van der Waals surface area contributed by atoms with Gasteiger partial charge < -0.3 is 10.1 Å². The summed E-state index contributed by atoms with van der Waals surface area (Å²) in [5.74, 6) is -0.341. The largest absolute Gasteiger partial charge is 0.457 e. The van der Waals surface area contributed by atoms with E-state index in [1.54, 1.807) is 11.8 Å². The van der Waals surface area contributed by atoms with Crippen molar-refractivity contribution < 1.29 is 19.1 Å². The molecule has 1 aromatic rings. The van der Waals surface area contributed by atoms with Gasteiger partial charge in [-0.3, -0.25) is 14.5 Å². The summed E-state index contributed by atoms with van der Waals surface area (Å²) < 4.78 is 5.78. The van der Waals surface area contributed by atoms with Gasteiger partial charge in [0, 0.05) is 15.1 Å². The second kappa shape index (κ2) is 8.57. The molecule has 0 saturated carbocycles. The van der Waals surface area contributed by atoms with Crippen molar-refractivity contribution in [3.05, 3.63) is 46.3 Å². The molecule has 0 unspecified atom stereocenters. The Morgan fingerprint density at radius 3 is 2.96 bits per heavy atom. The summed E-state index contributed by atoms with van der Waals surface area (Å²) >= 11 is 5.23. The van der Waals surface area contributed by atoms with Crippen LogP contribution in [0.15, 0.2) is 41.4 Å². The van der Waals surface area contributed by atoms with Crippen LogP contribution in [0.2, 0.25) is 0 Å². The predicted molar refractivity (Wildman–Crippen MR) is 110 cm³/mol. The van der Waals surface area contributed by atoms with E-state index in [0.29, 0.717) is 15.9 Å². The third-order valence-electron chi connectivity index (χ3n) is 3.97. The van der Waals surface area contributed by atoms with E-state index in [1.807, 2.05) is 17.5 Å². The number of esters is 1. The number of thiophene rings is 1. The monoisotopic (exact) mass is 504 g/mol. The molecule has 2 atom stereocenters. The van der Waals surface area contributed by atoms with Crippen LogP contribution in [0.1, 0.15) is 4.88 Å². The Morgan fingerprint density at radius 2 is 2.31 bits per heavy atom. The number of nitrogens with one attached hydrogen (secondary N) is 1. The van der Waals surface area contributed by atoms with Crippen molar-refractivity contribution in [1.29, 1.82) is 0 Å². The zero-order chi connectivity index (χ0) is 18.7. The highest BCUT2D eigenvalue weighted by molar-refractivity contribution is 14.1. The van der Waals surface area contributed by atoms with Crippen LogP contribution < -0.4 is 5.32 Å². The number of β-lactam (4-membered cyclic amide) rings is 1. The minimum absolute atomic E-state index is 0.0949. The first-order valence-electron chi connectivity index (χ1n) is 7.89. The maximum absolute atomic E-state index is 12.6. The number of carbonyl (C=O) groups is 3. The Hall–Kier alpha value is -1.33. The highest BCUT2D eigenvalue weighted by Crippen LogP contribution is 2.41. The van der Waals surface area contributed by atoms with Gasteiger partial charge in [-0.05, 0) is 17.0 Å². The van der Waals surface area contributed by atoms with Gasteiger partial charge in [0.2, 0.25) is 5.91 Å². The van der Waals surface area contributed by atoms with Gasteiger partial charge in [-0.1, -0.05) is 41.3 Å². The molecule has 3 rings (SSSR count). The number of alkyl halides is 1. The molecule has 0 radical (unpaired) electrons. The quantitative estimate of drug-likeness (QED) is 0.203. The number of nitrogens with zero attached hydrogens (tertiary/aromatic N) is 1. The van der Waals surface area contributed by atoms with Crippen LogP contribution in [0.5, 0.6) is 0 Å². The Balaban J connectivity index is 1.69. The first-order valence-corrected chi connectivity index (χ1v) is 11.3. The number of hydrogen-bond donors (Lipinski definition) is 1. The highest BCUT2D eigenvalue weighted by Gasteiger charge is 2.54. The van der Waals surface area contributed by atoms with Crippen molar-refractivity contribution in [2.45, 2.75) is 17.8 Å². The fourth-order valence-corrected chi connectivity index (χ4v) is 5.82. The molecule has 2 amide bonds. The lowest BCUT2D eigenvalue weighted by Gasteiger charge is -2.49. The van der Waals surface area contributed by atoms with Crippen molar-refractivity contribution in [3.8, 4) is 0 Å². The molecule has 138 valence electrons. The number of fused-ring (bicyclic) bond motifs is 1. The Bertz CT molecular complexity index is 763. The molecule has 26 heavy (non-hydrogen) atoms. The van der Waals surface area contributed by atoms with Crippen LogP contribution >= 0.6 is 45.7 Å². The molecule has 3 heterocycles. The lowest BCUT2D eigenvalue weighted by Crippen LogP contribution is -2.70. The fourth-order valence-electron chi connectivity index (χ4n) is 2.77. The molecule has 2 aliphatic rings. The molecule has 1 aromatic heterocycles. The summed E-state index contributed by atoms with van der Waals surface area (Å²) in [5.41, 5.74) is 1.19. The summed E-state index contributed by atoms with van der Waals surface area (Å²) in [6.45, 7) is 3.62. The van der Waals surface area contributed by atoms with Gasteiger partial charge in [0.05, 0.1) is 6.42 Å². The summed E-state index contributed by atoms with van der Waals surface area (Å²) in [5, 5.41) is 4.44. The molecular weight excluding hydrogens is 487 g/mol. The molecule has 0 bridgehead atoms. The van der Waals surface area contributed by atoms with Crippen LogP contribution in [0.3, 0.4) is 0 Å². The smallest absolute Gasteiger partial charge is 0.355 e. The molecule has 0 spiro atoms. The van der Waals surface area contributed by atoms with Crippen molar-refractivity contribution in [3.63, 3.8) is 0 Å². The van der Waals surface area contributed by atoms with Crippen LogP contribution in [0.4, 0.5) is 0 Å². The highest BCUT2D eigenvalue weighted by atomic mass is 127. The topological polar surface area (TPSA) is 75.7 Å².